The second-order valence-corrected chi connectivity index (χ2v) is 5.39. The zero-order chi connectivity index (χ0) is 13.1. The molecule has 2 unspecified atom stereocenters. The third-order valence-electron chi connectivity index (χ3n) is 3.64. The van der Waals surface area contributed by atoms with E-state index in [1.54, 1.807) is 12.1 Å². The lowest BCUT2D eigenvalue weighted by molar-refractivity contribution is -0.384. The van der Waals surface area contributed by atoms with Crippen molar-refractivity contribution in [3.05, 3.63) is 33.9 Å². The minimum absolute atomic E-state index is 0.179. The molecule has 0 saturated heterocycles. The summed E-state index contributed by atoms with van der Waals surface area (Å²) < 4.78 is 0. The second kappa shape index (κ2) is 5.38. The van der Waals surface area contributed by atoms with Crippen LogP contribution in [0.25, 0.3) is 0 Å². The van der Waals surface area contributed by atoms with Gasteiger partial charge in [-0.3, -0.25) is 10.1 Å². The zero-order valence-corrected chi connectivity index (χ0v) is 11.0. The van der Waals surface area contributed by atoms with Crippen LogP contribution in [-0.4, -0.2) is 11.0 Å². The molecule has 0 bridgehead atoms. The highest BCUT2D eigenvalue weighted by atomic mass is 16.6. The topological polar surface area (TPSA) is 55.2 Å². The van der Waals surface area contributed by atoms with E-state index < -0.39 is 0 Å². The highest BCUT2D eigenvalue weighted by molar-refractivity contribution is 5.63. The molecule has 1 aromatic rings. The number of benzene rings is 1. The SMILES string of the molecule is Cc1ccc([N+](=O)[O-])c(NC2CCCC(C)C2)c1. The molecule has 18 heavy (non-hydrogen) atoms. The van der Waals surface area contributed by atoms with Crippen LogP contribution < -0.4 is 5.32 Å². The van der Waals surface area contributed by atoms with E-state index in [4.69, 9.17) is 0 Å². The number of nitro benzene ring substituents is 1. The Balaban J connectivity index is 2.16. The number of hydrogen-bond acceptors (Lipinski definition) is 3. The molecular formula is C14H20N2O2. The molecule has 1 N–H and O–H groups in total. The maximum atomic E-state index is 11.0. The van der Waals surface area contributed by atoms with Crippen molar-refractivity contribution in [1.29, 1.82) is 0 Å². The number of anilines is 1. The third kappa shape index (κ3) is 3.00. The molecule has 0 heterocycles. The van der Waals surface area contributed by atoms with E-state index in [-0.39, 0.29) is 10.6 Å². The molecule has 0 aromatic heterocycles. The molecular weight excluding hydrogens is 228 g/mol. The molecule has 1 aliphatic carbocycles. The van der Waals surface area contributed by atoms with Gasteiger partial charge in [0.2, 0.25) is 0 Å². The van der Waals surface area contributed by atoms with Crippen LogP contribution in [0.15, 0.2) is 18.2 Å². The Hall–Kier alpha value is -1.58. The average Bonchev–Trinajstić information content (AvgIpc) is 2.28. The number of rotatable bonds is 3. The van der Waals surface area contributed by atoms with Crippen LogP contribution in [0, 0.1) is 23.0 Å². The van der Waals surface area contributed by atoms with Gasteiger partial charge in [-0.2, -0.15) is 0 Å². The Morgan fingerprint density at radius 3 is 2.83 bits per heavy atom. The molecule has 2 atom stereocenters. The van der Waals surface area contributed by atoms with Crippen molar-refractivity contribution in [3.8, 4) is 0 Å². The first-order valence-electron chi connectivity index (χ1n) is 6.58. The third-order valence-corrected chi connectivity index (χ3v) is 3.64. The molecule has 4 nitrogen and oxygen atoms in total. The fraction of sp³-hybridized carbons (Fsp3) is 0.571. The first kappa shape index (κ1) is 12.9. The fourth-order valence-electron chi connectivity index (χ4n) is 2.71. The summed E-state index contributed by atoms with van der Waals surface area (Å²) in [5.41, 5.74) is 1.89. The Morgan fingerprint density at radius 2 is 2.17 bits per heavy atom. The van der Waals surface area contributed by atoms with Crippen LogP contribution in [0.4, 0.5) is 11.4 Å². The Bertz CT molecular complexity index is 445. The minimum atomic E-state index is -0.311. The smallest absolute Gasteiger partial charge is 0.292 e. The van der Waals surface area contributed by atoms with Gasteiger partial charge in [-0.25, -0.2) is 0 Å². The highest BCUT2D eigenvalue weighted by Gasteiger charge is 2.21. The second-order valence-electron chi connectivity index (χ2n) is 5.39. The van der Waals surface area contributed by atoms with Crippen molar-refractivity contribution in [3.63, 3.8) is 0 Å². The normalized spacial score (nSPS) is 23.7. The molecule has 0 spiro atoms. The van der Waals surface area contributed by atoms with E-state index in [2.05, 4.69) is 12.2 Å². The maximum absolute atomic E-state index is 11.0. The average molecular weight is 248 g/mol. The number of nitrogens with one attached hydrogen (secondary N) is 1. The molecule has 2 rings (SSSR count). The van der Waals surface area contributed by atoms with Crippen LogP contribution in [-0.2, 0) is 0 Å². The van der Waals surface area contributed by atoms with Crippen LogP contribution in [0.2, 0.25) is 0 Å². The van der Waals surface area contributed by atoms with Gasteiger partial charge in [0, 0.05) is 12.1 Å². The van der Waals surface area contributed by atoms with Crippen LogP contribution in [0.1, 0.15) is 38.2 Å². The van der Waals surface area contributed by atoms with Gasteiger partial charge in [-0.05, 0) is 37.3 Å². The lowest BCUT2D eigenvalue weighted by atomic mass is 9.87. The van der Waals surface area contributed by atoms with Gasteiger partial charge in [0.25, 0.3) is 5.69 Å². The first-order chi connectivity index (χ1) is 8.56. The largest absolute Gasteiger partial charge is 0.377 e. The monoisotopic (exact) mass is 248 g/mol. The van der Waals surface area contributed by atoms with Crippen molar-refractivity contribution >= 4 is 11.4 Å². The summed E-state index contributed by atoms with van der Waals surface area (Å²) in [6.07, 6.45) is 4.69. The van der Waals surface area contributed by atoms with Crippen molar-refractivity contribution in [2.75, 3.05) is 5.32 Å². The zero-order valence-electron chi connectivity index (χ0n) is 11.0. The minimum Gasteiger partial charge on any atom is -0.377 e. The Labute approximate surface area is 108 Å². The molecule has 0 radical (unpaired) electrons. The van der Waals surface area contributed by atoms with Crippen molar-refractivity contribution in [2.45, 2.75) is 45.6 Å². The summed E-state index contributed by atoms with van der Waals surface area (Å²) >= 11 is 0. The van der Waals surface area contributed by atoms with Crippen LogP contribution in [0.3, 0.4) is 0 Å². The van der Waals surface area contributed by atoms with Crippen LogP contribution >= 0.6 is 0 Å². The molecule has 98 valence electrons. The molecule has 1 aromatic carbocycles. The summed E-state index contributed by atoms with van der Waals surface area (Å²) in [6, 6.07) is 5.61. The van der Waals surface area contributed by atoms with Gasteiger partial charge >= 0.3 is 0 Å². The first-order valence-corrected chi connectivity index (χ1v) is 6.58. The molecule has 1 saturated carbocycles. The van der Waals surface area contributed by atoms with Crippen molar-refractivity contribution < 1.29 is 4.92 Å². The molecule has 4 heteroatoms. The quantitative estimate of drug-likeness (QED) is 0.652. The predicted molar refractivity (Wildman–Crippen MR) is 72.9 cm³/mol. The van der Waals surface area contributed by atoms with Crippen molar-refractivity contribution in [2.24, 2.45) is 5.92 Å². The van der Waals surface area contributed by atoms with E-state index in [1.165, 1.54) is 12.8 Å². The van der Waals surface area contributed by atoms with E-state index in [1.807, 2.05) is 13.0 Å². The number of nitro groups is 1. The van der Waals surface area contributed by atoms with Crippen LogP contribution in [0.5, 0.6) is 0 Å². The predicted octanol–water partition coefficient (Wildman–Crippen LogP) is 3.89. The summed E-state index contributed by atoms with van der Waals surface area (Å²) in [5, 5.41) is 14.4. The fourth-order valence-corrected chi connectivity index (χ4v) is 2.71. The van der Waals surface area contributed by atoms with E-state index in [0.717, 1.165) is 18.4 Å². The van der Waals surface area contributed by atoms with Gasteiger partial charge in [-0.1, -0.05) is 25.8 Å². The maximum Gasteiger partial charge on any atom is 0.292 e. The Morgan fingerprint density at radius 1 is 1.39 bits per heavy atom. The van der Waals surface area contributed by atoms with E-state index in [0.29, 0.717) is 17.6 Å². The summed E-state index contributed by atoms with van der Waals surface area (Å²) in [4.78, 5) is 10.7. The standard InChI is InChI=1S/C14H20N2O2/c1-10-4-3-5-12(8-10)15-13-9-11(2)6-7-14(13)16(17)18/h6-7,9-10,12,15H,3-5,8H2,1-2H3. The van der Waals surface area contributed by atoms with E-state index >= 15 is 0 Å². The van der Waals surface area contributed by atoms with Crippen molar-refractivity contribution in [1.82, 2.24) is 0 Å². The number of nitrogens with zero attached hydrogens (tertiary/aromatic N) is 1. The summed E-state index contributed by atoms with van der Waals surface area (Å²) in [7, 11) is 0. The highest BCUT2D eigenvalue weighted by Crippen LogP contribution is 2.30. The molecule has 0 aliphatic heterocycles. The molecule has 1 fully saturated rings. The summed E-state index contributed by atoms with van der Waals surface area (Å²) in [6.45, 7) is 4.21. The lowest BCUT2D eigenvalue weighted by Gasteiger charge is -2.28. The van der Waals surface area contributed by atoms with Gasteiger partial charge in [0.1, 0.15) is 5.69 Å². The van der Waals surface area contributed by atoms with Gasteiger partial charge in [0.05, 0.1) is 4.92 Å². The van der Waals surface area contributed by atoms with Gasteiger partial charge in [0.15, 0.2) is 0 Å². The Kier molecular flexibility index (Phi) is 3.84. The van der Waals surface area contributed by atoms with Gasteiger partial charge < -0.3 is 5.32 Å². The number of hydrogen-bond donors (Lipinski definition) is 1. The molecule has 0 amide bonds. The summed E-state index contributed by atoms with van der Waals surface area (Å²) in [5.74, 6) is 0.708. The molecule has 1 aliphatic rings. The lowest BCUT2D eigenvalue weighted by Crippen LogP contribution is -2.26. The number of aryl methyl sites for hydroxylation is 1. The van der Waals surface area contributed by atoms with E-state index in [9.17, 15) is 10.1 Å². The van der Waals surface area contributed by atoms with Gasteiger partial charge in [-0.15, -0.1) is 0 Å².